The molecular weight excluding hydrogens is 266 g/mol. The third kappa shape index (κ3) is 2.30. The summed E-state index contributed by atoms with van der Waals surface area (Å²) in [5.41, 5.74) is 9.62. The number of fused-ring (bicyclic) bond motifs is 1. The van der Waals surface area contributed by atoms with Gasteiger partial charge in [-0.2, -0.15) is 0 Å². The van der Waals surface area contributed by atoms with E-state index >= 15 is 0 Å². The van der Waals surface area contributed by atoms with Crippen molar-refractivity contribution in [1.29, 1.82) is 0 Å². The number of hydrogen-bond acceptors (Lipinski definition) is 3. The lowest BCUT2D eigenvalue weighted by Crippen LogP contribution is -2.31. The molecule has 0 aromatic carbocycles. The molecule has 0 bridgehead atoms. The predicted octanol–water partition coefficient (Wildman–Crippen LogP) is 2.58. The highest BCUT2D eigenvalue weighted by Gasteiger charge is 2.36. The molecule has 0 spiro atoms. The molecule has 1 heterocycles. The van der Waals surface area contributed by atoms with Gasteiger partial charge in [-0.25, -0.2) is 4.98 Å². The monoisotopic (exact) mass is 287 g/mol. The Kier molecular flexibility index (Phi) is 2.95. The van der Waals surface area contributed by atoms with Gasteiger partial charge in [0, 0.05) is 18.3 Å². The van der Waals surface area contributed by atoms with Crippen molar-refractivity contribution in [1.82, 2.24) is 4.98 Å². The van der Waals surface area contributed by atoms with E-state index in [2.05, 4.69) is 11.0 Å². The molecule has 0 atom stereocenters. The zero-order chi connectivity index (χ0) is 13.7. The summed E-state index contributed by atoms with van der Waals surface area (Å²) >= 11 is 5.29. The second-order valence-corrected chi connectivity index (χ2v) is 6.95. The summed E-state index contributed by atoms with van der Waals surface area (Å²) in [5.74, 6) is 1.94. The van der Waals surface area contributed by atoms with Crippen molar-refractivity contribution in [2.45, 2.75) is 51.0 Å². The summed E-state index contributed by atoms with van der Waals surface area (Å²) in [6.07, 6.45) is 8.79. The molecule has 0 aliphatic heterocycles. The highest BCUT2D eigenvalue weighted by molar-refractivity contribution is 7.80. The molecular formula is C16H21N3S. The quantitative estimate of drug-likeness (QED) is 0.845. The van der Waals surface area contributed by atoms with Gasteiger partial charge in [0.2, 0.25) is 0 Å². The Morgan fingerprint density at radius 2 is 2.10 bits per heavy atom. The topological polar surface area (TPSA) is 42.1 Å². The molecule has 0 amide bonds. The number of nitrogens with zero attached hydrogens (tertiary/aromatic N) is 2. The van der Waals surface area contributed by atoms with Crippen LogP contribution in [0.3, 0.4) is 0 Å². The number of thiocarbonyl (C=S) groups is 1. The highest BCUT2D eigenvalue weighted by Crippen LogP contribution is 2.39. The molecule has 0 radical (unpaired) electrons. The van der Waals surface area contributed by atoms with Gasteiger partial charge >= 0.3 is 0 Å². The highest BCUT2D eigenvalue weighted by atomic mass is 32.1. The second kappa shape index (κ2) is 4.69. The summed E-state index contributed by atoms with van der Waals surface area (Å²) in [6.45, 7) is 1.14. The number of anilines is 1. The molecule has 2 N–H and O–H groups in total. The van der Waals surface area contributed by atoms with Gasteiger partial charge < -0.3 is 10.6 Å². The Morgan fingerprint density at radius 1 is 1.30 bits per heavy atom. The molecule has 3 aliphatic carbocycles. The molecule has 3 aliphatic rings. The van der Waals surface area contributed by atoms with Gasteiger partial charge in [0.15, 0.2) is 0 Å². The summed E-state index contributed by atoms with van der Waals surface area (Å²) in [7, 11) is 0. The maximum atomic E-state index is 5.98. The van der Waals surface area contributed by atoms with Crippen LogP contribution in [0.25, 0.3) is 0 Å². The van der Waals surface area contributed by atoms with Crippen molar-refractivity contribution < 1.29 is 0 Å². The third-order valence-corrected chi connectivity index (χ3v) is 4.93. The summed E-state index contributed by atoms with van der Waals surface area (Å²) in [5, 5.41) is 0. The maximum Gasteiger partial charge on any atom is 0.139 e. The van der Waals surface area contributed by atoms with Crippen LogP contribution in [-0.4, -0.2) is 22.6 Å². The summed E-state index contributed by atoms with van der Waals surface area (Å²) in [6, 6.07) is 2.89. The van der Waals surface area contributed by atoms with Gasteiger partial charge in [0.25, 0.3) is 0 Å². The van der Waals surface area contributed by atoms with E-state index in [-0.39, 0.29) is 0 Å². The zero-order valence-electron chi connectivity index (χ0n) is 11.8. The lowest BCUT2D eigenvalue weighted by atomic mass is 10.1. The van der Waals surface area contributed by atoms with Crippen LogP contribution in [0.2, 0.25) is 0 Å². The number of aromatic nitrogens is 1. The van der Waals surface area contributed by atoms with Crippen LogP contribution in [0, 0.1) is 5.92 Å². The Hall–Kier alpha value is -1.16. The van der Waals surface area contributed by atoms with Gasteiger partial charge in [-0.15, -0.1) is 0 Å². The number of pyridine rings is 1. The van der Waals surface area contributed by atoms with E-state index < -0.39 is 0 Å². The first-order valence-corrected chi connectivity index (χ1v) is 8.22. The van der Waals surface area contributed by atoms with E-state index in [4.69, 9.17) is 22.9 Å². The lowest BCUT2D eigenvalue weighted by Gasteiger charge is -2.26. The lowest BCUT2D eigenvalue weighted by molar-refractivity contribution is 0.706. The van der Waals surface area contributed by atoms with Crippen molar-refractivity contribution >= 4 is 23.0 Å². The van der Waals surface area contributed by atoms with Crippen molar-refractivity contribution in [3.8, 4) is 0 Å². The summed E-state index contributed by atoms with van der Waals surface area (Å²) < 4.78 is 0. The van der Waals surface area contributed by atoms with E-state index in [1.165, 1.54) is 43.4 Å². The summed E-state index contributed by atoms with van der Waals surface area (Å²) in [4.78, 5) is 7.98. The largest absolute Gasteiger partial charge is 0.389 e. The number of aryl methyl sites for hydroxylation is 2. The van der Waals surface area contributed by atoms with Crippen molar-refractivity contribution in [2.75, 3.05) is 11.4 Å². The van der Waals surface area contributed by atoms with Crippen LogP contribution in [0.1, 0.15) is 48.9 Å². The third-order valence-electron chi connectivity index (χ3n) is 4.71. The standard InChI is InChI=1S/C16H21N3S/c17-15(20)13-8-11-2-1-3-14(11)18-16(13)19(12-6-7-12)9-10-4-5-10/h8,10,12H,1-7,9H2,(H2,17,20). The van der Waals surface area contributed by atoms with E-state index in [1.54, 1.807) is 0 Å². The molecule has 1 aromatic heterocycles. The number of nitrogens with two attached hydrogens (primary N) is 1. The normalized spacial score (nSPS) is 20.8. The fourth-order valence-electron chi connectivity index (χ4n) is 3.23. The second-order valence-electron chi connectivity index (χ2n) is 6.51. The van der Waals surface area contributed by atoms with Gasteiger partial charge in [-0.3, -0.25) is 0 Å². The molecule has 2 fully saturated rings. The first-order chi connectivity index (χ1) is 9.72. The first-order valence-electron chi connectivity index (χ1n) is 7.81. The molecule has 20 heavy (non-hydrogen) atoms. The Labute approximate surface area is 125 Å². The van der Waals surface area contributed by atoms with Crippen molar-refractivity contribution in [3.63, 3.8) is 0 Å². The Bertz CT molecular complexity index is 561. The minimum atomic E-state index is 0.503. The minimum absolute atomic E-state index is 0.503. The van der Waals surface area contributed by atoms with Gasteiger partial charge in [0.1, 0.15) is 10.8 Å². The SMILES string of the molecule is NC(=S)c1cc2c(nc1N(CC1CC1)C1CC1)CCC2. The van der Waals surface area contributed by atoms with Gasteiger partial charge in [0.05, 0.1) is 5.56 Å². The molecule has 2 saturated carbocycles. The maximum absolute atomic E-state index is 5.98. The van der Waals surface area contributed by atoms with E-state index in [9.17, 15) is 0 Å². The predicted molar refractivity (Wildman–Crippen MR) is 85.2 cm³/mol. The van der Waals surface area contributed by atoms with Crippen LogP contribution in [-0.2, 0) is 12.8 Å². The van der Waals surface area contributed by atoms with E-state index in [1.807, 2.05) is 0 Å². The molecule has 4 heteroatoms. The molecule has 3 nitrogen and oxygen atoms in total. The molecule has 0 unspecified atom stereocenters. The van der Waals surface area contributed by atoms with Crippen LogP contribution in [0.15, 0.2) is 6.07 Å². The minimum Gasteiger partial charge on any atom is -0.389 e. The van der Waals surface area contributed by atoms with Gasteiger partial charge in [-0.1, -0.05) is 12.2 Å². The Morgan fingerprint density at radius 3 is 2.75 bits per heavy atom. The first kappa shape index (κ1) is 12.6. The van der Waals surface area contributed by atoms with Crippen LogP contribution in [0.5, 0.6) is 0 Å². The van der Waals surface area contributed by atoms with Crippen LogP contribution in [0.4, 0.5) is 5.82 Å². The number of rotatable bonds is 5. The van der Waals surface area contributed by atoms with Crippen LogP contribution < -0.4 is 10.6 Å². The van der Waals surface area contributed by atoms with Crippen molar-refractivity contribution in [2.24, 2.45) is 11.7 Å². The smallest absolute Gasteiger partial charge is 0.139 e. The van der Waals surface area contributed by atoms with E-state index in [0.29, 0.717) is 11.0 Å². The molecule has 4 rings (SSSR count). The van der Waals surface area contributed by atoms with Crippen LogP contribution >= 0.6 is 12.2 Å². The average molecular weight is 287 g/mol. The fraction of sp³-hybridized carbons (Fsp3) is 0.625. The van der Waals surface area contributed by atoms with Crippen molar-refractivity contribution in [3.05, 3.63) is 22.9 Å². The molecule has 1 aromatic rings. The molecule has 0 saturated heterocycles. The number of hydrogen-bond donors (Lipinski definition) is 1. The zero-order valence-corrected chi connectivity index (χ0v) is 12.6. The average Bonchev–Trinajstić information content (AvgIpc) is 3.32. The molecule has 106 valence electrons. The Balaban J connectivity index is 1.75. The van der Waals surface area contributed by atoms with Gasteiger partial charge in [-0.05, 0) is 62.5 Å². The van der Waals surface area contributed by atoms with E-state index in [0.717, 1.165) is 36.7 Å². The fourth-order valence-corrected chi connectivity index (χ4v) is 3.38.